The SMILES string of the molecule is CCC(=O)NCc1nc2c(n1CC)CN(S(=O)(=O)c1ccc(Cl)cc1)CC2. The van der Waals surface area contributed by atoms with Gasteiger partial charge >= 0.3 is 0 Å². The summed E-state index contributed by atoms with van der Waals surface area (Å²) in [5.41, 5.74) is 1.79. The second-order valence-electron chi connectivity index (χ2n) is 6.34. The van der Waals surface area contributed by atoms with E-state index >= 15 is 0 Å². The van der Waals surface area contributed by atoms with Crippen LogP contribution >= 0.6 is 11.6 Å². The van der Waals surface area contributed by atoms with Gasteiger partial charge in [-0.2, -0.15) is 4.31 Å². The molecule has 1 aliphatic heterocycles. The molecule has 0 unspecified atom stereocenters. The predicted molar refractivity (Wildman–Crippen MR) is 103 cm³/mol. The Morgan fingerprint density at radius 3 is 2.59 bits per heavy atom. The van der Waals surface area contributed by atoms with E-state index in [-0.39, 0.29) is 17.3 Å². The number of sulfonamides is 1. The van der Waals surface area contributed by atoms with Crippen molar-refractivity contribution in [1.82, 2.24) is 19.2 Å². The van der Waals surface area contributed by atoms with Gasteiger partial charge in [0.2, 0.25) is 15.9 Å². The number of hydrogen-bond acceptors (Lipinski definition) is 4. The number of carbonyl (C=O) groups excluding carboxylic acids is 1. The molecule has 0 fully saturated rings. The Bertz CT molecular complexity index is 938. The smallest absolute Gasteiger partial charge is 0.243 e. The highest BCUT2D eigenvalue weighted by Gasteiger charge is 2.31. The van der Waals surface area contributed by atoms with E-state index in [1.165, 1.54) is 16.4 Å². The first-order valence-electron chi connectivity index (χ1n) is 8.96. The molecule has 1 aliphatic rings. The van der Waals surface area contributed by atoms with Crippen LogP contribution in [0.15, 0.2) is 29.2 Å². The Labute approximate surface area is 164 Å². The highest BCUT2D eigenvalue weighted by molar-refractivity contribution is 7.89. The summed E-state index contributed by atoms with van der Waals surface area (Å²) in [4.78, 5) is 16.4. The van der Waals surface area contributed by atoms with Gasteiger partial charge in [-0.05, 0) is 31.2 Å². The molecule has 1 amide bonds. The van der Waals surface area contributed by atoms with Crippen LogP contribution in [0.1, 0.15) is 37.5 Å². The Kier molecular flexibility index (Phi) is 5.88. The molecule has 1 N–H and O–H groups in total. The van der Waals surface area contributed by atoms with Crippen molar-refractivity contribution >= 4 is 27.5 Å². The lowest BCUT2D eigenvalue weighted by Crippen LogP contribution is -2.36. The van der Waals surface area contributed by atoms with Gasteiger partial charge in [-0.15, -0.1) is 0 Å². The molecule has 9 heteroatoms. The lowest BCUT2D eigenvalue weighted by molar-refractivity contribution is -0.120. The molecule has 1 aromatic carbocycles. The second-order valence-corrected chi connectivity index (χ2v) is 8.71. The highest BCUT2D eigenvalue weighted by Crippen LogP contribution is 2.26. The van der Waals surface area contributed by atoms with Gasteiger partial charge in [-0.1, -0.05) is 18.5 Å². The first-order valence-corrected chi connectivity index (χ1v) is 10.8. The van der Waals surface area contributed by atoms with E-state index in [9.17, 15) is 13.2 Å². The average molecular weight is 411 g/mol. The number of hydrogen-bond donors (Lipinski definition) is 1. The maximum atomic E-state index is 13.0. The van der Waals surface area contributed by atoms with E-state index in [1.807, 2.05) is 11.5 Å². The molecule has 0 spiro atoms. The normalized spacial score (nSPS) is 14.8. The number of imidazole rings is 1. The van der Waals surface area contributed by atoms with Crippen molar-refractivity contribution in [3.63, 3.8) is 0 Å². The number of nitrogens with zero attached hydrogens (tertiary/aromatic N) is 3. The number of benzene rings is 1. The van der Waals surface area contributed by atoms with Crippen molar-refractivity contribution in [3.05, 3.63) is 46.5 Å². The van der Waals surface area contributed by atoms with Crippen molar-refractivity contribution in [1.29, 1.82) is 0 Å². The minimum atomic E-state index is -3.60. The van der Waals surface area contributed by atoms with Gasteiger partial charge in [0.15, 0.2) is 0 Å². The van der Waals surface area contributed by atoms with E-state index in [0.29, 0.717) is 37.5 Å². The number of aromatic nitrogens is 2. The molecule has 0 saturated carbocycles. The van der Waals surface area contributed by atoms with Crippen LogP contribution in [0.4, 0.5) is 0 Å². The third kappa shape index (κ3) is 4.02. The van der Waals surface area contributed by atoms with Gasteiger partial charge in [-0.25, -0.2) is 13.4 Å². The summed E-state index contributed by atoms with van der Waals surface area (Å²) in [5, 5.41) is 3.34. The summed E-state index contributed by atoms with van der Waals surface area (Å²) < 4.78 is 29.4. The Morgan fingerprint density at radius 2 is 1.96 bits per heavy atom. The monoisotopic (exact) mass is 410 g/mol. The number of carbonyl (C=O) groups is 1. The van der Waals surface area contributed by atoms with Gasteiger partial charge in [0.25, 0.3) is 0 Å². The van der Waals surface area contributed by atoms with Gasteiger partial charge in [0.1, 0.15) is 5.82 Å². The summed E-state index contributed by atoms with van der Waals surface area (Å²) >= 11 is 5.87. The number of amides is 1. The standard InChI is InChI=1S/C18H23ClN4O3S/c1-3-18(24)20-11-17-21-15-9-10-22(12-16(15)23(17)4-2)27(25,26)14-7-5-13(19)6-8-14/h5-8H,3-4,9-12H2,1-2H3,(H,20,24). The van der Waals surface area contributed by atoms with Crippen molar-refractivity contribution < 1.29 is 13.2 Å². The quantitative estimate of drug-likeness (QED) is 0.792. The maximum absolute atomic E-state index is 13.0. The van der Waals surface area contributed by atoms with E-state index in [2.05, 4.69) is 10.3 Å². The molecule has 27 heavy (non-hydrogen) atoms. The molecule has 146 valence electrons. The van der Waals surface area contributed by atoms with Crippen LogP contribution in [0.25, 0.3) is 0 Å². The van der Waals surface area contributed by atoms with Crippen LogP contribution in [0.5, 0.6) is 0 Å². The molecule has 0 bridgehead atoms. The minimum absolute atomic E-state index is 0.0365. The van der Waals surface area contributed by atoms with E-state index in [1.54, 1.807) is 19.1 Å². The van der Waals surface area contributed by atoms with Gasteiger partial charge in [0, 0.05) is 31.0 Å². The van der Waals surface area contributed by atoms with Crippen molar-refractivity contribution in [3.8, 4) is 0 Å². The third-order valence-electron chi connectivity index (χ3n) is 4.69. The van der Waals surface area contributed by atoms with E-state index < -0.39 is 10.0 Å². The van der Waals surface area contributed by atoms with Crippen molar-refractivity contribution in [2.75, 3.05) is 6.54 Å². The minimum Gasteiger partial charge on any atom is -0.349 e. The molecule has 0 radical (unpaired) electrons. The molecule has 0 aliphatic carbocycles. The average Bonchev–Trinajstić information content (AvgIpc) is 3.03. The molecule has 2 heterocycles. The van der Waals surface area contributed by atoms with Gasteiger partial charge in [0.05, 0.1) is 29.4 Å². The van der Waals surface area contributed by atoms with Crippen LogP contribution in [-0.2, 0) is 40.9 Å². The molecule has 2 aromatic rings. The Morgan fingerprint density at radius 1 is 1.26 bits per heavy atom. The van der Waals surface area contributed by atoms with Crippen LogP contribution < -0.4 is 5.32 Å². The topological polar surface area (TPSA) is 84.3 Å². The lowest BCUT2D eigenvalue weighted by atomic mass is 10.2. The zero-order valence-corrected chi connectivity index (χ0v) is 17.0. The molecule has 0 saturated heterocycles. The largest absolute Gasteiger partial charge is 0.349 e. The predicted octanol–water partition coefficient (Wildman–Crippen LogP) is 2.33. The van der Waals surface area contributed by atoms with Crippen molar-refractivity contribution in [2.24, 2.45) is 0 Å². The number of fused-ring (bicyclic) bond motifs is 1. The van der Waals surface area contributed by atoms with Crippen molar-refractivity contribution in [2.45, 2.75) is 51.2 Å². The first kappa shape index (κ1) is 19.9. The van der Waals surface area contributed by atoms with Crippen LogP contribution in [0, 0.1) is 0 Å². The molecule has 1 aromatic heterocycles. The Hall–Kier alpha value is -1.90. The highest BCUT2D eigenvalue weighted by atomic mass is 35.5. The fraction of sp³-hybridized carbons (Fsp3) is 0.444. The molecule has 7 nitrogen and oxygen atoms in total. The zero-order chi connectivity index (χ0) is 19.6. The third-order valence-corrected chi connectivity index (χ3v) is 6.80. The number of rotatable bonds is 6. The van der Waals surface area contributed by atoms with Crippen LogP contribution in [0.3, 0.4) is 0 Å². The lowest BCUT2D eigenvalue weighted by Gasteiger charge is -2.27. The van der Waals surface area contributed by atoms with Gasteiger partial charge in [-0.3, -0.25) is 4.79 Å². The first-order chi connectivity index (χ1) is 12.9. The van der Waals surface area contributed by atoms with E-state index in [0.717, 1.165) is 17.2 Å². The zero-order valence-electron chi connectivity index (χ0n) is 15.4. The maximum Gasteiger partial charge on any atom is 0.243 e. The molecular weight excluding hydrogens is 388 g/mol. The molecule has 0 atom stereocenters. The second kappa shape index (κ2) is 8.00. The van der Waals surface area contributed by atoms with E-state index in [4.69, 9.17) is 11.6 Å². The fourth-order valence-corrected chi connectivity index (χ4v) is 4.75. The number of nitrogens with one attached hydrogen (secondary N) is 1. The van der Waals surface area contributed by atoms with Gasteiger partial charge < -0.3 is 9.88 Å². The summed E-state index contributed by atoms with van der Waals surface area (Å²) in [5.74, 6) is 0.723. The summed E-state index contributed by atoms with van der Waals surface area (Å²) in [6, 6.07) is 6.20. The van der Waals surface area contributed by atoms with Crippen LogP contribution in [-0.4, -0.2) is 34.7 Å². The summed E-state index contributed by atoms with van der Waals surface area (Å²) in [6.45, 7) is 5.43. The number of halogens is 1. The molecular formula is C18H23ClN4O3S. The summed E-state index contributed by atoms with van der Waals surface area (Å²) in [6.07, 6.45) is 0.962. The molecule has 3 rings (SSSR count). The summed E-state index contributed by atoms with van der Waals surface area (Å²) in [7, 11) is -3.60. The fourth-order valence-electron chi connectivity index (χ4n) is 3.22. The Balaban J connectivity index is 1.86. The van der Waals surface area contributed by atoms with Crippen LogP contribution in [0.2, 0.25) is 5.02 Å².